The summed E-state index contributed by atoms with van der Waals surface area (Å²) in [6, 6.07) is 20.0. The van der Waals surface area contributed by atoms with Gasteiger partial charge >= 0.3 is 0 Å². The number of carbonyl (C=O) groups excluding carboxylic acids is 2. The Kier molecular flexibility index (Phi) is 5.96. The molecule has 1 N–H and O–H groups in total. The molecule has 1 unspecified atom stereocenters. The van der Waals surface area contributed by atoms with E-state index in [1.165, 1.54) is 0 Å². The quantitative estimate of drug-likeness (QED) is 0.566. The Morgan fingerprint density at radius 3 is 2.55 bits per heavy atom. The van der Waals surface area contributed by atoms with Crippen molar-refractivity contribution in [2.45, 2.75) is 25.9 Å². The average Bonchev–Trinajstić information content (AvgIpc) is 3.12. The molecular formula is C25H23ClN2O3. The first-order chi connectivity index (χ1) is 15.0. The summed E-state index contributed by atoms with van der Waals surface area (Å²) in [4.78, 5) is 27.9. The van der Waals surface area contributed by atoms with E-state index in [0.717, 1.165) is 22.4 Å². The van der Waals surface area contributed by atoms with E-state index in [0.29, 0.717) is 22.8 Å². The van der Waals surface area contributed by atoms with E-state index in [2.05, 4.69) is 5.32 Å². The molecule has 0 bridgehead atoms. The number of nitrogens with one attached hydrogen (secondary N) is 1. The van der Waals surface area contributed by atoms with Crippen LogP contribution >= 0.6 is 11.6 Å². The molecule has 0 saturated heterocycles. The van der Waals surface area contributed by atoms with Gasteiger partial charge in [0.05, 0.1) is 19.6 Å². The molecule has 3 aromatic carbocycles. The molecule has 0 aromatic heterocycles. The fourth-order valence-electron chi connectivity index (χ4n) is 3.88. The van der Waals surface area contributed by atoms with Crippen molar-refractivity contribution in [3.8, 4) is 5.75 Å². The molecule has 1 aliphatic rings. The van der Waals surface area contributed by atoms with Gasteiger partial charge in [0.15, 0.2) is 0 Å². The molecule has 0 fully saturated rings. The van der Waals surface area contributed by atoms with E-state index in [-0.39, 0.29) is 18.2 Å². The topological polar surface area (TPSA) is 58.6 Å². The molecule has 158 valence electrons. The Balaban J connectivity index is 1.62. The molecule has 5 nitrogen and oxygen atoms in total. The fourth-order valence-corrected chi connectivity index (χ4v) is 4.06. The van der Waals surface area contributed by atoms with Crippen molar-refractivity contribution in [1.29, 1.82) is 0 Å². The van der Waals surface area contributed by atoms with E-state index in [1.807, 2.05) is 61.5 Å². The molecule has 1 aliphatic heterocycles. The van der Waals surface area contributed by atoms with Crippen molar-refractivity contribution in [2.24, 2.45) is 0 Å². The third-order valence-electron chi connectivity index (χ3n) is 5.65. The number of halogens is 1. The van der Waals surface area contributed by atoms with Gasteiger partial charge in [-0.25, -0.2) is 0 Å². The van der Waals surface area contributed by atoms with Gasteiger partial charge in [0.2, 0.25) is 5.91 Å². The van der Waals surface area contributed by atoms with E-state index >= 15 is 0 Å². The first-order valence-corrected chi connectivity index (χ1v) is 10.4. The Morgan fingerprint density at radius 1 is 1.10 bits per heavy atom. The molecule has 0 saturated carbocycles. The predicted molar refractivity (Wildman–Crippen MR) is 121 cm³/mol. The van der Waals surface area contributed by atoms with Gasteiger partial charge in [-0.3, -0.25) is 9.59 Å². The number of nitrogens with zero attached hydrogens (tertiary/aromatic N) is 1. The number of fused-ring (bicyclic) bond motifs is 1. The fraction of sp³-hybridized carbons (Fsp3) is 0.200. The first-order valence-electron chi connectivity index (χ1n) is 10.1. The lowest BCUT2D eigenvalue weighted by atomic mass is 10.0. The van der Waals surface area contributed by atoms with Crippen molar-refractivity contribution in [3.63, 3.8) is 0 Å². The summed E-state index contributed by atoms with van der Waals surface area (Å²) in [5.41, 5.74) is 4.01. The van der Waals surface area contributed by atoms with Crippen LogP contribution in [0.4, 0.5) is 5.69 Å². The van der Waals surface area contributed by atoms with Crippen molar-refractivity contribution >= 4 is 29.1 Å². The highest BCUT2D eigenvalue weighted by atomic mass is 35.5. The molecule has 6 heteroatoms. The van der Waals surface area contributed by atoms with Crippen LogP contribution in [0.25, 0.3) is 0 Å². The summed E-state index contributed by atoms with van der Waals surface area (Å²) >= 11 is 6.19. The first kappa shape index (κ1) is 20.9. The van der Waals surface area contributed by atoms with Crippen molar-refractivity contribution in [1.82, 2.24) is 4.90 Å². The van der Waals surface area contributed by atoms with Gasteiger partial charge in [0.1, 0.15) is 5.75 Å². The Hall–Kier alpha value is -3.31. The molecule has 0 radical (unpaired) electrons. The number of carbonyl (C=O) groups is 2. The minimum Gasteiger partial charge on any atom is -0.497 e. The number of amides is 2. The largest absolute Gasteiger partial charge is 0.497 e. The Morgan fingerprint density at radius 2 is 1.84 bits per heavy atom. The van der Waals surface area contributed by atoms with Crippen LogP contribution in [0.3, 0.4) is 0 Å². The maximum absolute atomic E-state index is 13.1. The zero-order chi connectivity index (χ0) is 22.0. The number of benzene rings is 3. The van der Waals surface area contributed by atoms with Crippen LogP contribution < -0.4 is 10.1 Å². The summed E-state index contributed by atoms with van der Waals surface area (Å²) < 4.78 is 5.26. The van der Waals surface area contributed by atoms with Gasteiger partial charge in [0, 0.05) is 22.8 Å². The number of hydrogen-bond acceptors (Lipinski definition) is 3. The van der Waals surface area contributed by atoms with Crippen molar-refractivity contribution < 1.29 is 14.3 Å². The van der Waals surface area contributed by atoms with Crippen LogP contribution in [0.5, 0.6) is 5.75 Å². The molecular weight excluding hydrogens is 412 g/mol. The summed E-state index contributed by atoms with van der Waals surface area (Å²) in [6.45, 7) is 2.33. The third-order valence-corrected chi connectivity index (χ3v) is 6.06. The minimum absolute atomic E-state index is 0.0665. The molecule has 2 amide bonds. The monoisotopic (exact) mass is 434 g/mol. The normalized spacial score (nSPS) is 13.6. The summed E-state index contributed by atoms with van der Waals surface area (Å²) in [5.74, 6) is 0.468. The van der Waals surface area contributed by atoms with Gasteiger partial charge in [-0.2, -0.15) is 0 Å². The standard InChI is InChI=1S/C25H23ClN2O3/c1-16-21(26)8-5-9-22(16)27-24(29)14-23(17-10-12-19(31-2)13-11-17)28-15-18-6-3-4-7-20(18)25(28)30/h3-13,23H,14-15H2,1-2H3,(H,27,29). The lowest BCUT2D eigenvalue weighted by Crippen LogP contribution is -2.32. The molecule has 3 aromatic rings. The second-order valence-corrected chi connectivity index (χ2v) is 7.95. The Bertz CT molecular complexity index is 1130. The average molecular weight is 435 g/mol. The van der Waals surface area contributed by atoms with Crippen LogP contribution in [0.2, 0.25) is 5.02 Å². The minimum atomic E-state index is -0.412. The number of methoxy groups -OCH3 is 1. The maximum atomic E-state index is 13.1. The van der Waals surface area contributed by atoms with Gasteiger partial charge in [-0.15, -0.1) is 0 Å². The lowest BCUT2D eigenvalue weighted by molar-refractivity contribution is -0.117. The highest BCUT2D eigenvalue weighted by molar-refractivity contribution is 6.31. The van der Waals surface area contributed by atoms with Crippen molar-refractivity contribution in [3.05, 3.63) is 94.0 Å². The van der Waals surface area contributed by atoms with Gasteiger partial charge < -0.3 is 15.0 Å². The van der Waals surface area contributed by atoms with Crippen LogP contribution in [0.1, 0.15) is 39.5 Å². The number of hydrogen-bond donors (Lipinski definition) is 1. The van der Waals surface area contributed by atoms with Gasteiger partial charge in [-0.05, 0) is 53.9 Å². The summed E-state index contributed by atoms with van der Waals surface area (Å²) in [7, 11) is 1.61. The lowest BCUT2D eigenvalue weighted by Gasteiger charge is -2.28. The van der Waals surface area contributed by atoms with E-state index in [4.69, 9.17) is 16.3 Å². The Labute approximate surface area is 186 Å². The molecule has 0 spiro atoms. The van der Waals surface area contributed by atoms with E-state index in [9.17, 15) is 9.59 Å². The number of rotatable bonds is 6. The smallest absolute Gasteiger partial charge is 0.255 e. The highest BCUT2D eigenvalue weighted by Crippen LogP contribution is 2.34. The summed E-state index contributed by atoms with van der Waals surface area (Å²) in [5, 5.41) is 3.54. The van der Waals surface area contributed by atoms with E-state index < -0.39 is 6.04 Å². The second-order valence-electron chi connectivity index (χ2n) is 7.54. The maximum Gasteiger partial charge on any atom is 0.255 e. The van der Waals surface area contributed by atoms with Crippen LogP contribution in [-0.4, -0.2) is 23.8 Å². The zero-order valence-corrected chi connectivity index (χ0v) is 18.1. The number of ether oxygens (including phenoxy) is 1. The SMILES string of the molecule is COc1ccc(C(CC(=O)Nc2cccc(Cl)c2C)N2Cc3ccccc3C2=O)cc1. The number of anilines is 1. The zero-order valence-electron chi connectivity index (χ0n) is 17.4. The van der Waals surface area contributed by atoms with Crippen molar-refractivity contribution in [2.75, 3.05) is 12.4 Å². The second kappa shape index (κ2) is 8.82. The van der Waals surface area contributed by atoms with E-state index in [1.54, 1.807) is 24.1 Å². The highest BCUT2D eigenvalue weighted by Gasteiger charge is 2.34. The molecule has 1 atom stereocenters. The summed E-state index contributed by atoms with van der Waals surface area (Å²) in [6.07, 6.45) is 0.123. The molecule has 31 heavy (non-hydrogen) atoms. The molecule has 1 heterocycles. The van der Waals surface area contributed by atoms with Crippen LogP contribution in [0.15, 0.2) is 66.7 Å². The van der Waals surface area contributed by atoms with Gasteiger partial charge in [0.25, 0.3) is 5.91 Å². The predicted octanol–water partition coefficient (Wildman–Crippen LogP) is 5.38. The third kappa shape index (κ3) is 4.28. The van der Waals surface area contributed by atoms with Crippen LogP contribution in [-0.2, 0) is 11.3 Å². The molecule has 0 aliphatic carbocycles. The van der Waals surface area contributed by atoms with Gasteiger partial charge in [-0.1, -0.05) is 48.0 Å². The van der Waals surface area contributed by atoms with Crippen LogP contribution in [0, 0.1) is 6.92 Å². The molecule has 4 rings (SSSR count).